The third kappa shape index (κ3) is 6.00. The number of nitrogens with zero attached hydrogens (tertiary/aromatic N) is 2. The minimum atomic E-state index is -4.59. The van der Waals surface area contributed by atoms with Gasteiger partial charge in [0.2, 0.25) is 11.7 Å². The number of carbonyl (C=O) groups is 2. The molecule has 2 amide bonds. The van der Waals surface area contributed by atoms with Crippen LogP contribution in [0.1, 0.15) is 34.0 Å². The Morgan fingerprint density at radius 1 is 0.958 bits per heavy atom. The number of nitrogens with one attached hydrogen (secondary N) is 2. The quantitative estimate of drug-likeness (QED) is 0.168. The molecule has 2 N–H and O–H groups in total. The minimum absolute atomic E-state index is 0.0728. The monoisotopic (exact) mass is 670 g/mol. The van der Waals surface area contributed by atoms with Crippen LogP contribution in [0.2, 0.25) is 5.02 Å². The fourth-order valence-electron chi connectivity index (χ4n) is 5.74. The molecule has 12 heteroatoms. The zero-order valence-corrected chi connectivity index (χ0v) is 26.0. The fourth-order valence-corrected chi connectivity index (χ4v) is 6.00. The van der Waals surface area contributed by atoms with Crippen molar-refractivity contribution in [1.29, 1.82) is 0 Å². The van der Waals surface area contributed by atoms with E-state index in [-0.39, 0.29) is 29.0 Å². The van der Waals surface area contributed by atoms with E-state index < -0.39 is 23.6 Å². The Labute approximate surface area is 277 Å². The van der Waals surface area contributed by atoms with Gasteiger partial charge in [0.25, 0.3) is 5.91 Å². The molecule has 0 aliphatic heterocycles. The van der Waals surface area contributed by atoms with Crippen molar-refractivity contribution >= 4 is 45.8 Å². The highest BCUT2D eigenvalue weighted by Crippen LogP contribution is 2.51. The van der Waals surface area contributed by atoms with Gasteiger partial charge in [0.05, 0.1) is 29.1 Å². The number of methoxy groups -OCH3 is 1. The van der Waals surface area contributed by atoms with E-state index >= 15 is 0 Å². The Bertz CT molecular complexity index is 2180. The summed E-state index contributed by atoms with van der Waals surface area (Å²) < 4.78 is 52.7. The summed E-state index contributed by atoms with van der Waals surface area (Å²) in [4.78, 5) is 27.1. The van der Waals surface area contributed by atoms with Gasteiger partial charge in [-0.15, -0.1) is 0 Å². The molecule has 2 atom stereocenters. The molecule has 0 radical (unpaired) electrons. The maximum atomic E-state index is 13.8. The summed E-state index contributed by atoms with van der Waals surface area (Å²) in [6.07, 6.45) is -2.16. The Kier molecular flexibility index (Phi) is 7.92. The van der Waals surface area contributed by atoms with Gasteiger partial charge in [-0.2, -0.15) is 18.3 Å². The number of hydrogen-bond donors (Lipinski definition) is 2. The Morgan fingerprint density at radius 2 is 1.73 bits per heavy atom. The van der Waals surface area contributed by atoms with Gasteiger partial charge in [0.15, 0.2) is 0 Å². The van der Waals surface area contributed by atoms with E-state index in [9.17, 15) is 22.8 Å². The van der Waals surface area contributed by atoms with E-state index in [1.54, 1.807) is 41.1 Å². The van der Waals surface area contributed by atoms with E-state index in [1.807, 2.05) is 42.6 Å². The number of rotatable bonds is 8. The molecule has 0 spiro atoms. The first-order valence-electron chi connectivity index (χ1n) is 14.9. The number of furan rings is 1. The summed E-state index contributed by atoms with van der Waals surface area (Å²) in [5, 5.41) is 11.1. The first-order valence-corrected chi connectivity index (χ1v) is 15.3. The van der Waals surface area contributed by atoms with Crippen LogP contribution in [0, 0.1) is 5.92 Å². The van der Waals surface area contributed by atoms with Crippen molar-refractivity contribution in [2.75, 3.05) is 17.7 Å². The van der Waals surface area contributed by atoms with Crippen LogP contribution in [0.25, 0.3) is 27.9 Å². The summed E-state index contributed by atoms with van der Waals surface area (Å²) >= 11 is 6.46. The lowest BCUT2D eigenvalue weighted by atomic mass is 10.0. The Hall–Kier alpha value is -5.55. The van der Waals surface area contributed by atoms with Crippen molar-refractivity contribution in [2.24, 2.45) is 5.92 Å². The van der Waals surface area contributed by atoms with Crippen molar-refractivity contribution in [3.8, 4) is 22.7 Å². The van der Waals surface area contributed by atoms with Crippen LogP contribution in [-0.4, -0.2) is 28.7 Å². The molecule has 0 bridgehead atoms. The Balaban J connectivity index is 1.18. The van der Waals surface area contributed by atoms with Crippen LogP contribution in [-0.2, 0) is 11.0 Å². The number of carbonyl (C=O) groups excluding carboxylic acids is 2. The standard InChI is InChI=1S/C36H26ClF3N4O4/c1-47-30-15-14-20(16-28(30)37)31-27(19-44(43-31)23-10-3-2-4-11-23)25-18-26(25)34(45)42-32-24-12-5-6-13-29(24)48-33(32)35(46)41-22-9-7-8-21(17-22)36(38,39)40/h2-17,19,25-26H,18H2,1H3,(H,41,46)(H,42,45). The average molecular weight is 671 g/mol. The largest absolute Gasteiger partial charge is 0.495 e. The lowest BCUT2D eigenvalue weighted by Crippen LogP contribution is -2.19. The van der Waals surface area contributed by atoms with Crippen LogP contribution in [0.3, 0.4) is 0 Å². The van der Waals surface area contributed by atoms with Crippen molar-refractivity contribution < 1.29 is 31.9 Å². The highest BCUT2D eigenvalue weighted by molar-refractivity contribution is 6.32. The first kappa shape index (κ1) is 31.1. The molecule has 4 aromatic carbocycles. The second kappa shape index (κ2) is 12.2. The second-order valence-corrected chi connectivity index (χ2v) is 11.7. The topological polar surface area (TPSA) is 98.4 Å². The highest BCUT2D eigenvalue weighted by atomic mass is 35.5. The van der Waals surface area contributed by atoms with Crippen LogP contribution in [0.15, 0.2) is 108 Å². The predicted molar refractivity (Wildman–Crippen MR) is 176 cm³/mol. The molecular weight excluding hydrogens is 645 g/mol. The molecule has 2 unspecified atom stereocenters. The van der Waals surface area contributed by atoms with Crippen molar-refractivity contribution in [1.82, 2.24) is 9.78 Å². The smallest absolute Gasteiger partial charge is 0.416 e. The van der Waals surface area contributed by atoms with Crippen LogP contribution in [0.4, 0.5) is 24.5 Å². The molecule has 1 aliphatic rings. The van der Waals surface area contributed by atoms with Gasteiger partial charge in [-0.1, -0.05) is 48.0 Å². The SMILES string of the molecule is COc1ccc(-c2nn(-c3ccccc3)cc2C2CC2C(=O)Nc2c(C(=O)Nc3cccc(C(F)(F)F)c3)oc3ccccc23)cc1Cl. The molecule has 2 aromatic heterocycles. The van der Waals surface area contributed by atoms with Crippen LogP contribution < -0.4 is 15.4 Å². The molecule has 0 saturated heterocycles. The van der Waals surface area contributed by atoms with E-state index in [0.29, 0.717) is 33.9 Å². The molecule has 1 saturated carbocycles. The molecular formula is C36H26ClF3N4O4. The number of anilines is 2. The van der Waals surface area contributed by atoms with E-state index in [1.165, 1.54) is 19.2 Å². The zero-order chi connectivity index (χ0) is 33.6. The minimum Gasteiger partial charge on any atom is -0.495 e. The molecule has 48 heavy (non-hydrogen) atoms. The molecule has 2 heterocycles. The van der Waals surface area contributed by atoms with Gasteiger partial charge in [0, 0.05) is 40.2 Å². The van der Waals surface area contributed by atoms with Gasteiger partial charge < -0.3 is 19.8 Å². The van der Waals surface area contributed by atoms with E-state index in [4.69, 9.17) is 25.9 Å². The summed E-state index contributed by atoms with van der Waals surface area (Å²) in [6, 6.07) is 26.0. The van der Waals surface area contributed by atoms with Gasteiger partial charge in [-0.05, 0) is 67.1 Å². The summed E-state index contributed by atoms with van der Waals surface area (Å²) in [5.41, 5.74) is 2.59. The number of para-hydroxylation sites is 2. The van der Waals surface area contributed by atoms with Gasteiger partial charge in [0.1, 0.15) is 17.0 Å². The predicted octanol–water partition coefficient (Wildman–Crippen LogP) is 8.96. The van der Waals surface area contributed by atoms with Crippen molar-refractivity contribution in [3.05, 3.63) is 125 Å². The van der Waals surface area contributed by atoms with E-state index in [0.717, 1.165) is 28.9 Å². The van der Waals surface area contributed by atoms with E-state index in [2.05, 4.69) is 10.6 Å². The average Bonchev–Trinajstić information content (AvgIpc) is 3.62. The zero-order valence-electron chi connectivity index (χ0n) is 25.2. The first-order chi connectivity index (χ1) is 23.1. The number of hydrogen-bond acceptors (Lipinski definition) is 5. The maximum absolute atomic E-state index is 13.8. The van der Waals surface area contributed by atoms with Gasteiger partial charge in [-0.25, -0.2) is 4.68 Å². The summed E-state index contributed by atoms with van der Waals surface area (Å²) in [7, 11) is 1.54. The number of ether oxygens (including phenoxy) is 1. The molecule has 1 aliphatic carbocycles. The number of fused-ring (bicyclic) bond motifs is 1. The number of alkyl halides is 3. The molecule has 242 valence electrons. The lowest BCUT2D eigenvalue weighted by Gasteiger charge is -2.10. The lowest BCUT2D eigenvalue weighted by molar-refractivity contribution is -0.137. The molecule has 7 rings (SSSR count). The fraction of sp³-hybridized carbons (Fsp3) is 0.139. The number of halogens is 4. The van der Waals surface area contributed by atoms with Crippen LogP contribution >= 0.6 is 11.6 Å². The number of benzene rings is 4. The third-order valence-corrected chi connectivity index (χ3v) is 8.51. The van der Waals surface area contributed by atoms with Crippen LogP contribution in [0.5, 0.6) is 5.75 Å². The number of amides is 2. The third-order valence-electron chi connectivity index (χ3n) is 8.21. The Morgan fingerprint density at radius 3 is 2.48 bits per heavy atom. The summed E-state index contributed by atoms with van der Waals surface area (Å²) in [6.45, 7) is 0. The molecule has 8 nitrogen and oxygen atoms in total. The summed E-state index contributed by atoms with van der Waals surface area (Å²) in [5.74, 6) is -1.52. The van der Waals surface area contributed by atoms with Crippen molar-refractivity contribution in [3.63, 3.8) is 0 Å². The number of aromatic nitrogens is 2. The maximum Gasteiger partial charge on any atom is 0.416 e. The highest BCUT2D eigenvalue weighted by Gasteiger charge is 2.46. The normalized spacial score (nSPS) is 15.7. The second-order valence-electron chi connectivity index (χ2n) is 11.3. The van der Waals surface area contributed by atoms with Gasteiger partial charge in [-0.3, -0.25) is 9.59 Å². The molecule has 1 fully saturated rings. The van der Waals surface area contributed by atoms with Crippen molar-refractivity contribution in [2.45, 2.75) is 18.5 Å². The van der Waals surface area contributed by atoms with Gasteiger partial charge >= 0.3 is 6.18 Å². The molecule has 6 aromatic rings.